The van der Waals surface area contributed by atoms with E-state index in [0.717, 1.165) is 12.8 Å². The Morgan fingerprint density at radius 1 is 1.05 bits per heavy atom. The molecule has 2 rings (SSSR count). The number of hydrogen-bond donors (Lipinski definition) is 1. The van der Waals surface area contributed by atoms with Crippen LogP contribution in [0, 0.1) is 0 Å². The SMILES string of the molecule is CS(=O)(=O)N1CCN(CC(=O)NC2CCCCCC2)CC1. The molecule has 0 unspecified atom stereocenters. The van der Waals surface area contributed by atoms with Gasteiger partial charge in [0.1, 0.15) is 0 Å². The summed E-state index contributed by atoms with van der Waals surface area (Å²) in [6, 6.07) is 0.331. The van der Waals surface area contributed by atoms with Crippen LogP contribution in [-0.2, 0) is 14.8 Å². The lowest BCUT2D eigenvalue weighted by molar-refractivity contribution is -0.123. The summed E-state index contributed by atoms with van der Waals surface area (Å²) in [7, 11) is -3.10. The van der Waals surface area contributed by atoms with Crippen LogP contribution in [0.25, 0.3) is 0 Å². The van der Waals surface area contributed by atoms with E-state index >= 15 is 0 Å². The van der Waals surface area contributed by atoms with Crippen molar-refractivity contribution < 1.29 is 13.2 Å². The molecule has 1 heterocycles. The average molecular weight is 317 g/mol. The molecule has 0 bridgehead atoms. The van der Waals surface area contributed by atoms with Crippen molar-refractivity contribution in [3.63, 3.8) is 0 Å². The maximum Gasteiger partial charge on any atom is 0.234 e. The lowest BCUT2D eigenvalue weighted by atomic mass is 10.1. The highest BCUT2D eigenvalue weighted by Gasteiger charge is 2.25. The first-order chi connectivity index (χ1) is 9.95. The Labute approximate surface area is 127 Å². The van der Waals surface area contributed by atoms with Crippen LogP contribution in [0.5, 0.6) is 0 Å². The predicted molar refractivity (Wildman–Crippen MR) is 82.5 cm³/mol. The van der Waals surface area contributed by atoms with E-state index in [4.69, 9.17) is 0 Å². The molecule has 0 aromatic carbocycles. The Balaban J connectivity index is 1.71. The van der Waals surface area contributed by atoms with E-state index in [-0.39, 0.29) is 5.91 Å². The summed E-state index contributed by atoms with van der Waals surface area (Å²) in [6.07, 6.45) is 8.39. The molecule has 0 aromatic heterocycles. The Kier molecular flexibility index (Phi) is 6.01. The third kappa shape index (κ3) is 5.56. The summed E-state index contributed by atoms with van der Waals surface area (Å²) in [6.45, 7) is 2.61. The fourth-order valence-corrected chi connectivity index (χ4v) is 3.95. The van der Waals surface area contributed by atoms with Crippen LogP contribution >= 0.6 is 0 Å². The number of rotatable bonds is 4. The number of amides is 1. The minimum absolute atomic E-state index is 0.0784. The van der Waals surface area contributed by atoms with Gasteiger partial charge in [-0.05, 0) is 12.8 Å². The molecular weight excluding hydrogens is 290 g/mol. The van der Waals surface area contributed by atoms with Crippen molar-refractivity contribution >= 4 is 15.9 Å². The molecule has 0 atom stereocenters. The average Bonchev–Trinajstić information content (AvgIpc) is 2.67. The molecule has 122 valence electrons. The first kappa shape index (κ1) is 16.7. The number of sulfonamides is 1. The molecule has 1 aliphatic heterocycles. The van der Waals surface area contributed by atoms with Crippen molar-refractivity contribution in [2.45, 2.75) is 44.6 Å². The molecule has 2 fully saturated rings. The van der Waals surface area contributed by atoms with Crippen LogP contribution in [0.1, 0.15) is 38.5 Å². The predicted octanol–water partition coefficient (Wildman–Crippen LogP) is 0.403. The van der Waals surface area contributed by atoms with Gasteiger partial charge in [-0.25, -0.2) is 8.42 Å². The Morgan fingerprint density at radius 3 is 2.14 bits per heavy atom. The second-order valence-corrected chi connectivity index (χ2v) is 8.18. The van der Waals surface area contributed by atoms with Gasteiger partial charge in [-0.3, -0.25) is 9.69 Å². The van der Waals surface area contributed by atoms with Crippen LogP contribution in [-0.4, -0.2) is 68.6 Å². The number of nitrogens with one attached hydrogen (secondary N) is 1. The number of carbonyl (C=O) groups is 1. The molecule has 1 saturated carbocycles. The number of piperazine rings is 1. The first-order valence-electron chi connectivity index (χ1n) is 7.92. The largest absolute Gasteiger partial charge is 0.352 e. The van der Waals surface area contributed by atoms with Crippen LogP contribution in [0.3, 0.4) is 0 Å². The fraction of sp³-hybridized carbons (Fsp3) is 0.929. The molecule has 6 nitrogen and oxygen atoms in total. The van der Waals surface area contributed by atoms with Crippen molar-refractivity contribution in [1.29, 1.82) is 0 Å². The van der Waals surface area contributed by atoms with Gasteiger partial charge in [0.05, 0.1) is 12.8 Å². The molecule has 7 heteroatoms. The maximum atomic E-state index is 12.1. The highest BCUT2D eigenvalue weighted by atomic mass is 32.2. The number of nitrogens with zero attached hydrogens (tertiary/aromatic N) is 2. The van der Waals surface area contributed by atoms with Crippen LogP contribution in [0.15, 0.2) is 0 Å². The summed E-state index contributed by atoms with van der Waals surface area (Å²) >= 11 is 0. The van der Waals surface area contributed by atoms with Gasteiger partial charge in [-0.2, -0.15) is 4.31 Å². The second kappa shape index (κ2) is 7.56. The third-order valence-electron chi connectivity index (χ3n) is 4.39. The molecule has 0 spiro atoms. The Bertz CT molecular complexity index is 436. The van der Waals surface area contributed by atoms with E-state index < -0.39 is 10.0 Å². The van der Waals surface area contributed by atoms with Crippen LogP contribution in [0.4, 0.5) is 0 Å². The number of hydrogen-bond acceptors (Lipinski definition) is 4. The van der Waals surface area contributed by atoms with E-state index in [2.05, 4.69) is 5.32 Å². The molecule has 0 radical (unpaired) electrons. The molecule has 1 saturated heterocycles. The number of carbonyl (C=O) groups excluding carboxylic acids is 1. The van der Waals surface area contributed by atoms with E-state index in [1.54, 1.807) is 0 Å². The topological polar surface area (TPSA) is 69.7 Å². The van der Waals surface area contributed by atoms with Gasteiger partial charge in [0.2, 0.25) is 15.9 Å². The summed E-state index contributed by atoms with van der Waals surface area (Å²) in [5.74, 6) is 0.0784. The lowest BCUT2D eigenvalue weighted by Crippen LogP contribution is -2.51. The Morgan fingerprint density at radius 2 is 1.62 bits per heavy atom. The van der Waals surface area contributed by atoms with Crippen LogP contribution < -0.4 is 5.32 Å². The van der Waals surface area contributed by atoms with Gasteiger partial charge in [0.25, 0.3) is 0 Å². The van der Waals surface area contributed by atoms with Gasteiger partial charge >= 0.3 is 0 Å². The standard InChI is InChI=1S/C14H27N3O3S/c1-21(19,20)17-10-8-16(9-11-17)12-14(18)15-13-6-4-2-3-5-7-13/h13H,2-12H2,1H3,(H,15,18). The monoisotopic (exact) mass is 317 g/mol. The van der Waals surface area contributed by atoms with Crippen LogP contribution in [0.2, 0.25) is 0 Å². The van der Waals surface area contributed by atoms with Gasteiger partial charge in [0, 0.05) is 32.2 Å². The first-order valence-corrected chi connectivity index (χ1v) is 9.77. The second-order valence-electron chi connectivity index (χ2n) is 6.19. The summed E-state index contributed by atoms with van der Waals surface area (Å²) < 4.78 is 24.4. The molecule has 21 heavy (non-hydrogen) atoms. The van der Waals surface area contributed by atoms with Gasteiger partial charge in [-0.15, -0.1) is 0 Å². The smallest absolute Gasteiger partial charge is 0.234 e. The third-order valence-corrected chi connectivity index (χ3v) is 5.69. The zero-order valence-corrected chi connectivity index (χ0v) is 13.7. The quantitative estimate of drug-likeness (QED) is 0.762. The van der Waals surface area contributed by atoms with E-state index in [1.807, 2.05) is 4.90 Å². The molecule has 1 N–H and O–H groups in total. The van der Waals surface area contributed by atoms with Gasteiger partial charge < -0.3 is 5.32 Å². The van der Waals surface area contributed by atoms with E-state index in [0.29, 0.717) is 38.8 Å². The zero-order valence-electron chi connectivity index (χ0n) is 12.9. The van der Waals surface area contributed by atoms with Crippen molar-refractivity contribution in [3.8, 4) is 0 Å². The molecule has 1 aliphatic carbocycles. The fourth-order valence-electron chi connectivity index (χ4n) is 3.12. The zero-order chi connectivity index (χ0) is 15.3. The molecule has 1 amide bonds. The summed E-state index contributed by atoms with van der Waals surface area (Å²) in [5, 5.41) is 3.14. The molecule has 2 aliphatic rings. The van der Waals surface area contributed by atoms with Gasteiger partial charge in [-0.1, -0.05) is 25.7 Å². The van der Waals surface area contributed by atoms with E-state index in [9.17, 15) is 13.2 Å². The minimum Gasteiger partial charge on any atom is -0.352 e. The van der Waals surface area contributed by atoms with Crippen molar-refractivity contribution in [3.05, 3.63) is 0 Å². The highest BCUT2D eigenvalue weighted by molar-refractivity contribution is 7.88. The van der Waals surface area contributed by atoms with Crippen molar-refractivity contribution in [1.82, 2.24) is 14.5 Å². The molecule has 0 aromatic rings. The lowest BCUT2D eigenvalue weighted by Gasteiger charge is -2.33. The normalized spacial score (nSPS) is 23.7. The minimum atomic E-state index is -3.10. The highest BCUT2D eigenvalue weighted by Crippen LogP contribution is 2.17. The maximum absolute atomic E-state index is 12.1. The van der Waals surface area contributed by atoms with E-state index in [1.165, 1.54) is 36.2 Å². The summed E-state index contributed by atoms with van der Waals surface area (Å²) in [5.41, 5.74) is 0. The molecular formula is C14H27N3O3S. The van der Waals surface area contributed by atoms with Crippen molar-refractivity contribution in [2.24, 2.45) is 0 Å². The summed E-state index contributed by atoms with van der Waals surface area (Å²) in [4.78, 5) is 14.1. The van der Waals surface area contributed by atoms with Gasteiger partial charge in [0.15, 0.2) is 0 Å². The Hall–Kier alpha value is -0.660. The van der Waals surface area contributed by atoms with Crippen molar-refractivity contribution in [2.75, 3.05) is 39.0 Å².